The molecule has 1 fully saturated rings. The minimum absolute atomic E-state index is 0.112. The SMILES string of the molecule is N#CC1=C(N)OC2NC(=O)NC(=O)C2C1c1ccccc1Cl. The second kappa shape index (κ2) is 5.24. The van der Waals surface area contributed by atoms with Crippen molar-refractivity contribution in [3.63, 3.8) is 0 Å². The molecule has 2 heterocycles. The summed E-state index contributed by atoms with van der Waals surface area (Å²) in [5.41, 5.74) is 6.46. The fraction of sp³-hybridized carbons (Fsp3) is 0.214. The maximum Gasteiger partial charge on any atom is 0.324 e. The van der Waals surface area contributed by atoms with Gasteiger partial charge in [0.05, 0.1) is 5.57 Å². The quantitative estimate of drug-likeness (QED) is 0.712. The molecule has 4 N–H and O–H groups in total. The van der Waals surface area contributed by atoms with Gasteiger partial charge < -0.3 is 15.8 Å². The van der Waals surface area contributed by atoms with Crippen LogP contribution in [0.15, 0.2) is 35.7 Å². The molecule has 3 atom stereocenters. The van der Waals surface area contributed by atoms with Crippen LogP contribution >= 0.6 is 11.6 Å². The number of nitriles is 1. The number of rotatable bonds is 1. The maximum absolute atomic E-state index is 12.2. The molecule has 2 aliphatic heterocycles. The van der Waals surface area contributed by atoms with Crippen LogP contribution in [0.5, 0.6) is 0 Å². The summed E-state index contributed by atoms with van der Waals surface area (Å²) in [5, 5.41) is 14.4. The van der Waals surface area contributed by atoms with E-state index in [0.717, 1.165) is 0 Å². The molecule has 0 spiro atoms. The molecule has 8 heteroatoms. The predicted octanol–water partition coefficient (Wildman–Crippen LogP) is 0.929. The summed E-state index contributed by atoms with van der Waals surface area (Å²) in [6.45, 7) is 0. The number of allylic oxidation sites excluding steroid dienone is 1. The fourth-order valence-electron chi connectivity index (χ4n) is 2.75. The standard InChI is InChI=1S/C14H11ClN4O3/c15-8-4-2-1-3-6(8)9-7(5-16)11(17)22-13-10(9)12(20)18-14(21)19-13/h1-4,9-10,13H,17H2,(H2,18,19,20,21). The topological polar surface area (TPSA) is 117 Å². The largest absolute Gasteiger partial charge is 0.454 e. The molecule has 2 aliphatic rings. The molecule has 1 aromatic rings. The molecule has 0 saturated carbocycles. The van der Waals surface area contributed by atoms with Gasteiger partial charge in [-0.05, 0) is 11.6 Å². The van der Waals surface area contributed by atoms with Crippen LogP contribution < -0.4 is 16.4 Å². The van der Waals surface area contributed by atoms with Gasteiger partial charge in [0.15, 0.2) is 6.23 Å². The second-order valence-corrected chi connectivity index (χ2v) is 5.32. The van der Waals surface area contributed by atoms with E-state index in [1.807, 2.05) is 6.07 Å². The summed E-state index contributed by atoms with van der Waals surface area (Å²) in [6.07, 6.45) is -0.945. The number of halogens is 1. The Kier molecular flexibility index (Phi) is 3.39. The number of hydrogen-bond donors (Lipinski definition) is 3. The number of ether oxygens (including phenoxy) is 1. The normalized spacial score (nSPS) is 27.2. The number of urea groups is 1. The Morgan fingerprint density at radius 3 is 2.73 bits per heavy atom. The number of nitrogens with two attached hydrogens (primary N) is 1. The van der Waals surface area contributed by atoms with E-state index in [2.05, 4.69) is 10.6 Å². The lowest BCUT2D eigenvalue weighted by molar-refractivity contribution is -0.132. The van der Waals surface area contributed by atoms with E-state index in [-0.39, 0.29) is 11.5 Å². The summed E-state index contributed by atoms with van der Waals surface area (Å²) in [5.74, 6) is -2.19. The number of nitrogens with zero attached hydrogens (tertiary/aromatic N) is 1. The van der Waals surface area contributed by atoms with E-state index >= 15 is 0 Å². The van der Waals surface area contributed by atoms with Gasteiger partial charge in [-0.1, -0.05) is 29.8 Å². The van der Waals surface area contributed by atoms with Gasteiger partial charge in [-0.15, -0.1) is 0 Å². The Bertz CT molecular complexity index is 740. The number of fused-ring (bicyclic) bond motifs is 1. The molecular formula is C14H11ClN4O3. The van der Waals surface area contributed by atoms with Crippen LogP contribution in [-0.2, 0) is 9.53 Å². The Balaban J connectivity index is 2.16. The van der Waals surface area contributed by atoms with Crippen LogP contribution in [0.2, 0.25) is 5.02 Å². The number of amides is 3. The van der Waals surface area contributed by atoms with E-state index < -0.39 is 30.0 Å². The lowest BCUT2D eigenvalue weighted by atomic mass is 9.77. The lowest BCUT2D eigenvalue weighted by Crippen LogP contribution is -2.62. The molecule has 0 bridgehead atoms. The van der Waals surface area contributed by atoms with Crippen molar-refractivity contribution in [1.29, 1.82) is 5.26 Å². The first-order chi connectivity index (χ1) is 10.5. The van der Waals surface area contributed by atoms with E-state index in [9.17, 15) is 14.9 Å². The number of carbonyl (C=O) groups excluding carboxylic acids is 2. The van der Waals surface area contributed by atoms with Gasteiger partial charge in [-0.2, -0.15) is 5.26 Å². The molecule has 112 valence electrons. The van der Waals surface area contributed by atoms with Crippen LogP contribution in [-0.4, -0.2) is 18.2 Å². The molecular weight excluding hydrogens is 308 g/mol. The molecule has 7 nitrogen and oxygen atoms in total. The molecule has 0 aromatic heterocycles. The van der Waals surface area contributed by atoms with Gasteiger partial charge in [0.2, 0.25) is 11.8 Å². The first-order valence-electron chi connectivity index (χ1n) is 6.45. The molecule has 0 aliphatic carbocycles. The van der Waals surface area contributed by atoms with Crippen molar-refractivity contribution in [2.45, 2.75) is 12.1 Å². The number of nitrogens with one attached hydrogen (secondary N) is 2. The van der Waals surface area contributed by atoms with Gasteiger partial charge in [-0.3, -0.25) is 10.1 Å². The third kappa shape index (κ3) is 2.14. The average Bonchev–Trinajstić information content (AvgIpc) is 2.46. The fourth-order valence-corrected chi connectivity index (χ4v) is 3.00. The highest BCUT2D eigenvalue weighted by molar-refractivity contribution is 6.31. The van der Waals surface area contributed by atoms with E-state index in [4.69, 9.17) is 22.1 Å². The Morgan fingerprint density at radius 2 is 2.05 bits per heavy atom. The van der Waals surface area contributed by atoms with Crippen molar-refractivity contribution in [2.24, 2.45) is 11.7 Å². The third-order valence-electron chi connectivity index (χ3n) is 3.69. The zero-order valence-electron chi connectivity index (χ0n) is 11.2. The average molecular weight is 319 g/mol. The van der Waals surface area contributed by atoms with Gasteiger partial charge >= 0.3 is 6.03 Å². The highest BCUT2D eigenvalue weighted by atomic mass is 35.5. The molecule has 1 aromatic carbocycles. The summed E-state index contributed by atoms with van der Waals surface area (Å²) in [4.78, 5) is 23.7. The van der Waals surface area contributed by atoms with Crippen LogP contribution in [0, 0.1) is 17.2 Å². The molecule has 3 amide bonds. The summed E-state index contributed by atoms with van der Waals surface area (Å²) in [7, 11) is 0. The van der Waals surface area contributed by atoms with Crippen LogP contribution in [0.1, 0.15) is 11.5 Å². The number of carbonyl (C=O) groups is 2. The first kappa shape index (κ1) is 14.2. The van der Waals surface area contributed by atoms with Crippen molar-refractivity contribution < 1.29 is 14.3 Å². The smallest absolute Gasteiger partial charge is 0.324 e. The van der Waals surface area contributed by atoms with Crippen molar-refractivity contribution >= 4 is 23.5 Å². The molecule has 22 heavy (non-hydrogen) atoms. The molecule has 0 radical (unpaired) electrons. The Labute approximate surface area is 130 Å². The third-order valence-corrected chi connectivity index (χ3v) is 4.03. The number of imide groups is 1. The van der Waals surface area contributed by atoms with Crippen LogP contribution in [0.25, 0.3) is 0 Å². The van der Waals surface area contributed by atoms with Crippen LogP contribution in [0.3, 0.4) is 0 Å². The van der Waals surface area contributed by atoms with E-state index in [1.54, 1.807) is 24.3 Å². The van der Waals surface area contributed by atoms with Crippen molar-refractivity contribution in [1.82, 2.24) is 10.6 Å². The van der Waals surface area contributed by atoms with E-state index in [1.165, 1.54) is 0 Å². The number of hydrogen-bond acceptors (Lipinski definition) is 5. The highest BCUT2D eigenvalue weighted by Crippen LogP contribution is 2.42. The summed E-state index contributed by atoms with van der Waals surface area (Å²) in [6, 6.07) is 8.16. The first-order valence-corrected chi connectivity index (χ1v) is 6.83. The monoisotopic (exact) mass is 318 g/mol. The summed E-state index contributed by atoms with van der Waals surface area (Å²) < 4.78 is 5.33. The van der Waals surface area contributed by atoms with Crippen molar-refractivity contribution in [3.05, 3.63) is 46.3 Å². The van der Waals surface area contributed by atoms with E-state index in [0.29, 0.717) is 10.6 Å². The van der Waals surface area contributed by atoms with Crippen LogP contribution in [0.4, 0.5) is 4.79 Å². The molecule has 1 saturated heterocycles. The van der Waals surface area contributed by atoms with Gasteiger partial charge in [-0.25, -0.2) is 4.79 Å². The van der Waals surface area contributed by atoms with Crippen molar-refractivity contribution in [2.75, 3.05) is 0 Å². The van der Waals surface area contributed by atoms with Gasteiger partial charge in [0, 0.05) is 10.9 Å². The Hall–Kier alpha value is -2.72. The lowest BCUT2D eigenvalue weighted by Gasteiger charge is -2.40. The predicted molar refractivity (Wildman–Crippen MR) is 76.1 cm³/mol. The number of benzene rings is 1. The zero-order valence-corrected chi connectivity index (χ0v) is 11.9. The minimum Gasteiger partial charge on any atom is -0.454 e. The Morgan fingerprint density at radius 1 is 1.32 bits per heavy atom. The second-order valence-electron chi connectivity index (χ2n) is 4.92. The van der Waals surface area contributed by atoms with Gasteiger partial charge in [0.25, 0.3) is 0 Å². The zero-order chi connectivity index (χ0) is 15.9. The minimum atomic E-state index is -0.945. The molecule has 3 rings (SSSR count). The van der Waals surface area contributed by atoms with Crippen molar-refractivity contribution in [3.8, 4) is 6.07 Å². The highest BCUT2D eigenvalue weighted by Gasteiger charge is 2.49. The summed E-state index contributed by atoms with van der Waals surface area (Å²) >= 11 is 6.20. The maximum atomic E-state index is 12.2. The molecule has 3 unspecified atom stereocenters. The van der Waals surface area contributed by atoms with Gasteiger partial charge in [0.1, 0.15) is 12.0 Å².